The molecule has 0 bridgehead atoms. The number of hydrogen-bond acceptors (Lipinski definition) is 2. The van der Waals surface area contributed by atoms with Crippen molar-refractivity contribution < 1.29 is 0 Å². The molecule has 2 nitrogen and oxygen atoms in total. The van der Waals surface area contributed by atoms with Gasteiger partial charge < -0.3 is 0 Å². The molecule has 1 aliphatic rings. The van der Waals surface area contributed by atoms with E-state index in [1.54, 1.807) is 0 Å². The molecule has 2 heteroatoms. The van der Waals surface area contributed by atoms with Crippen LogP contribution in [0.5, 0.6) is 0 Å². The van der Waals surface area contributed by atoms with Gasteiger partial charge in [-0.3, -0.25) is 5.43 Å². The van der Waals surface area contributed by atoms with E-state index in [-0.39, 0.29) is 0 Å². The van der Waals surface area contributed by atoms with Crippen LogP contribution in [0.25, 0.3) is 0 Å². The average Bonchev–Trinajstić information content (AvgIpc) is 2.96. The van der Waals surface area contributed by atoms with Gasteiger partial charge in [-0.2, -0.15) is 5.10 Å². The van der Waals surface area contributed by atoms with Crippen LogP contribution in [-0.2, 0) is 0 Å². The normalized spacial score (nSPS) is 16.7. The standard InChI is InChI=1S/C22H24N2/c1-15-9-10-19(13-15)21-8-6-5-7-20(21)14-23-24-22-17(3)11-16(2)12-18(22)4/h5-14,19,24H,1-4H3. The molecular formula is C22H24N2. The second-order valence-corrected chi connectivity index (χ2v) is 6.57. The van der Waals surface area contributed by atoms with Gasteiger partial charge in [0.05, 0.1) is 11.9 Å². The van der Waals surface area contributed by atoms with E-state index in [1.807, 2.05) is 6.21 Å². The Hall–Kier alpha value is -2.61. The number of rotatable bonds is 4. The van der Waals surface area contributed by atoms with Crippen molar-refractivity contribution in [3.63, 3.8) is 0 Å². The molecule has 0 aromatic heterocycles. The lowest BCUT2D eigenvalue weighted by atomic mass is 9.96. The minimum absolute atomic E-state index is 0.343. The smallest absolute Gasteiger partial charge is 0.0620 e. The number of hydrogen-bond donors (Lipinski definition) is 1. The molecule has 2 aromatic rings. The number of nitrogens with one attached hydrogen (secondary N) is 1. The number of anilines is 1. The highest BCUT2D eigenvalue weighted by Gasteiger charge is 2.12. The summed E-state index contributed by atoms with van der Waals surface area (Å²) in [5, 5.41) is 4.49. The van der Waals surface area contributed by atoms with Crippen LogP contribution in [-0.4, -0.2) is 6.21 Å². The minimum atomic E-state index is 0.343. The van der Waals surface area contributed by atoms with Crippen LogP contribution < -0.4 is 5.43 Å². The van der Waals surface area contributed by atoms with Crippen molar-refractivity contribution in [1.29, 1.82) is 0 Å². The maximum atomic E-state index is 4.49. The molecule has 1 unspecified atom stereocenters. The molecule has 0 fully saturated rings. The Morgan fingerprint density at radius 3 is 2.38 bits per heavy atom. The fourth-order valence-corrected chi connectivity index (χ4v) is 3.30. The Kier molecular flexibility index (Phi) is 4.66. The van der Waals surface area contributed by atoms with Crippen LogP contribution in [0.15, 0.2) is 65.3 Å². The van der Waals surface area contributed by atoms with E-state index in [0.717, 1.165) is 11.3 Å². The first-order valence-electron chi connectivity index (χ1n) is 8.37. The van der Waals surface area contributed by atoms with E-state index >= 15 is 0 Å². The molecule has 0 radical (unpaired) electrons. The molecule has 122 valence electrons. The summed E-state index contributed by atoms with van der Waals surface area (Å²) in [6, 6.07) is 12.8. The van der Waals surface area contributed by atoms with Gasteiger partial charge in [0.2, 0.25) is 0 Å². The highest BCUT2D eigenvalue weighted by molar-refractivity contribution is 5.83. The predicted molar refractivity (Wildman–Crippen MR) is 104 cm³/mol. The van der Waals surface area contributed by atoms with E-state index in [9.17, 15) is 0 Å². The molecule has 0 saturated carbocycles. The van der Waals surface area contributed by atoms with Crippen molar-refractivity contribution >= 4 is 11.9 Å². The molecule has 3 rings (SSSR count). The van der Waals surface area contributed by atoms with Crippen LogP contribution >= 0.6 is 0 Å². The highest BCUT2D eigenvalue weighted by atomic mass is 15.3. The van der Waals surface area contributed by atoms with Gasteiger partial charge >= 0.3 is 0 Å². The van der Waals surface area contributed by atoms with Crippen molar-refractivity contribution in [3.8, 4) is 0 Å². The Balaban J connectivity index is 1.83. The predicted octanol–water partition coefficient (Wildman–Crippen LogP) is 5.66. The van der Waals surface area contributed by atoms with E-state index < -0.39 is 0 Å². The molecule has 1 N–H and O–H groups in total. The molecule has 0 amide bonds. The quantitative estimate of drug-likeness (QED) is 0.571. The van der Waals surface area contributed by atoms with Crippen LogP contribution in [0.1, 0.15) is 40.7 Å². The first kappa shape index (κ1) is 16.3. The maximum absolute atomic E-state index is 4.49. The Labute approximate surface area is 144 Å². The summed E-state index contributed by atoms with van der Waals surface area (Å²) in [6.07, 6.45) is 8.62. The van der Waals surface area contributed by atoms with Crippen molar-refractivity contribution in [2.45, 2.75) is 33.6 Å². The molecule has 1 atom stereocenters. The van der Waals surface area contributed by atoms with Gasteiger partial charge in [-0.05, 0) is 49.9 Å². The maximum Gasteiger partial charge on any atom is 0.0620 e. The number of benzene rings is 2. The minimum Gasteiger partial charge on any atom is -0.278 e. The topological polar surface area (TPSA) is 24.4 Å². The van der Waals surface area contributed by atoms with Crippen LogP contribution in [0, 0.1) is 20.8 Å². The Morgan fingerprint density at radius 2 is 1.71 bits per heavy atom. The van der Waals surface area contributed by atoms with Crippen molar-refractivity contribution in [1.82, 2.24) is 0 Å². The van der Waals surface area contributed by atoms with Gasteiger partial charge in [-0.1, -0.05) is 65.8 Å². The van der Waals surface area contributed by atoms with Gasteiger partial charge in [-0.15, -0.1) is 0 Å². The fraction of sp³-hybridized carbons (Fsp3) is 0.227. The summed E-state index contributed by atoms with van der Waals surface area (Å²) in [4.78, 5) is 0. The summed E-state index contributed by atoms with van der Waals surface area (Å²) < 4.78 is 0. The third-order valence-electron chi connectivity index (χ3n) is 4.42. The monoisotopic (exact) mass is 316 g/mol. The summed E-state index contributed by atoms with van der Waals surface area (Å²) in [5.74, 6) is 0.343. The van der Waals surface area contributed by atoms with E-state index in [1.165, 1.54) is 27.8 Å². The Morgan fingerprint density at radius 1 is 1.00 bits per heavy atom. The molecule has 0 spiro atoms. The zero-order valence-corrected chi connectivity index (χ0v) is 14.8. The van der Waals surface area contributed by atoms with E-state index in [2.05, 4.69) is 92.8 Å². The van der Waals surface area contributed by atoms with Gasteiger partial charge in [0.15, 0.2) is 0 Å². The summed E-state index contributed by atoms with van der Waals surface area (Å²) in [7, 11) is 0. The molecule has 1 aliphatic carbocycles. The third kappa shape index (κ3) is 3.48. The lowest BCUT2D eigenvalue weighted by molar-refractivity contribution is 1.09. The second-order valence-electron chi connectivity index (χ2n) is 6.57. The van der Waals surface area contributed by atoms with Crippen LogP contribution in [0.2, 0.25) is 0 Å². The SMILES string of the molecule is CC1=CC(c2ccccc2C=NNc2c(C)cc(C)cc2C)C=C1. The second kappa shape index (κ2) is 6.88. The summed E-state index contributed by atoms with van der Waals surface area (Å²) >= 11 is 0. The van der Waals surface area contributed by atoms with Crippen molar-refractivity contribution in [2.24, 2.45) is 5.10 Å². The molecule has 24 heavy (non-hydrogen) atoms. The van der Waals surface area contributed by atoms with Crippen LogP contribution in [0.4, 0.5) is 5.69 Å². The number of nitrogens with zero attached hydrogens (tertiary/aromatic N) is 1. The molecular weight excluding hydrogens is 292 g/mol. The van der Waals surface area contributed by atoms with E-state index in [4.69, 9.17) is 0 Å². The lowest BCUT2D eigenvalue weighted by Crippen LogP contribution is -2.00. The number of aryl methyl sites for hydroxylation is 3. The number of allylic oxidation sites excluding steroid dienone is 4. The summed E-state index contributed by atoms with van der Waals surface area (Å²) in [5.41, 5.74) is 11.8. The third-order valence-corrected chi connectivity index (χ3v) is 4.42. The molecule has 0 saturated heterocycles. The Bertz CT molecular complexity index is 818. The van der Waals surface area contributed by atoms with Gasteiger partial charge in [0.1, 0.15) is 0 Å². The van der Waals surface area contributed by atoms with Crippen molar-refractivity contribution in [3.05, 3.63) is 88.0 Å². The zero-order chi connectivity index (χ0) is 17.1. The zero-order valence-electron chi connectivity index (χ0n) is 14.8. The fourth-order valence-electron chi connectivity index (χ4n) is 3.30. The van der Waals surface area contributed by atoms with Gasteiger partial charge in [0.25, 0.3) is 0 Å². The average molecular weight is 316 g/mol. The van der Waals surface area contributed by atoms with Gasteiger partial charge in [0, 0.05) is 5.92 Å². The lowest BCUT2D eigenvalue weighted by Gasteiger charge is -2.12. The first-order valence-corrected chi connectivity index (χ1v) is 8.37. The molecule has 2 aromatic carbocycles. The summed E-state index contributed by atoms with van der Waals surface area (Å²) in [6.45, 7) is 8.48. The van der Waals surface area contributed by atoms with Crippen molar-refractivity contribution in [2.75, 3.05) is 5.43 Å². The van der Waals surface area contributed by atoms with E-state index in [0.29, 0.717) is 5.92 Å². The highest BCUT2D eigenvalue weighted by Crippen LogP contribution is 2.28. The van der Waals surface area contributed by atoms with Gasteiger partial charge in [-0.25, -0.2) is 0 Å². The largest absolute Gasteiger partial charge is 0.278 e. The molecule has 0 aliphatic heterocycles. The van der Waals surface area contributed by atoms with Crippen LogP contribution in [0.3, 0.4) is 0 Å². The molecule has 0 heterocycles. The first-order chi connectivity index (χ1) is 11.5. The number of hydrazone groups is 1.